The summed E-state index contributed by atoms with van der Waals surface area (Å²) in [6.07, 6.45) is 4.04. The van der Waals surface area contributed by atoms with Crippen LogP contribution < -0.4 is 10.5 Å². The number of nitrogens with one attached hydrogen (secondary N) is 1. The molecule has 116 valence electrons. The van der Waals surface area contributed by atoms with Crippen LogP contribution in [0.1, 0.15) is 5.56 Å². The van der Waals surface area contributed by atoms with Crippen LogP contribution in [0.3, 0.4) is 0 Å². The van der Waals surface area contributed by atoms with Crippen LogP contribution in [-0.4, -0.2) is 24.1 Å². The lowest BCUT2D eigenvalue weighted by atomic mass is 10.2. The Morgan fingerprint density at radius 2 is 2.14 bits per heavy atom. The van der Waals surface area contributed by atoms with Gasteiger partial charge in [-0.1, -0.05) is 29.8 Å². The highest BCUT2D eigenvalue weighted by atomic mass is 35.5. The standard InChI is InChI=1S/C13H13ClN4O3S/c14-12-4-2-1-3-10(12)5-6-22(20,21)17-11-7-16-18(8-11)9-13(15)19/h1-8,17H,9H2,(H2,15,19)/b6-5-. The second-order valence-corrected chi connectivity index (χ2v) is 6.34. The molecule has 2 rings (SSSR count). The van der Waals surface area contributed by atoms with Crippen LogP contribution in [0.25, 0.3) is 6.08 Å². The molecule has 3 N–H and O–H groups in total. The van der Waals surface area contributed by atoms with Gasteiger partial charge in [0.2, 0.25) is 5.91 Å². The van der Waals surface area contributed by atoms with Gasteiger partial charge >= 0.3 is 0 Å². The predicted octanol–water partition coefficient (Wildman–Crippen LogP) is 1.43. The first-order chi connectivity index (χ1) is 10.4. The summed E-state index contributed by atoms with van der Waals surface area (Å²) >= 11 is 5.94. The van der Waals surface area contributed by atoms with Crippen molar-refractivity contribution in [1.82, 2.24) is 9.78 Å². The van der Waals surface area contributed by atoms with Crippen molar-refractivity contribution in [3.05, 3.63) is 52.7 Å². The Balaban J connectivity index is 2.09. The first kappa shape index (κ1) is 16.1. The fourth-order valence-electron chi connectivity index (χ4n) is 1.63. The Kier molecular flexibility index (Phi) is 4.84. The molecule has 0 aliphatic carbocycles. The number of carbonyl (C=O) groups excluding carboxylic acids is 1. The van der Waals surface area contributed by atoms with Gasteiger partial charge in [0.05, 0.1) is 17.3 Å². The number of amides is 1. The van der Waals surface area contributed by atoms with E-state index in [1.54, 1.807) is 24.3 Å². The van der Waals surface area contributed by atoms with Gasteiger partial charge in [-0.2, -0.15) is 5.10 Å². The molecule has 0 aliphatic rings. The number of nitrogens with zero attached hydrogens (tertiary/aromatic N) is 2. The zero-order valence-corrected chi connectivity index (χ0v) is 12.9. The summed E-state index contributed by atoms with van der Waals surface area (Å²) in [5, 5.41) is 5.26. The molecule has 1 amide bonds. The molecule has 0 saturated carbocycles. The normalized spacial score (nSPS) is 11.7. The smallest absolute Gasteiger partial charge is 0.255 e. The van der Waals surface area contributed by atoms with Gasteiger partial charge in [-0.25, -0.2) is 8.42 Å². The van der Waals surface area contributed by atoms with Crippen LogP contribution in [0.15, 0.2) is 42.1 Å². The quantitative estimate of drug-likeness (QED) is 0.829. The van der Waals surface area contributed by atoms with Gasteiger partial charge in [0.15, 0.2) is 0 Å². The maximum atomic E-state index is 11.9. The summed E-state index contributed by atoms with van der Waals surface area (Å²) in [5.74, 6) is -0.573. The minimum Gasteiger partial charge on any atom is -0.368 e. The second-order valence-electron chi connectivity index (χ2n) is 4.36. The molecule has 0 saturated heterocycles. The number of primary amides is 1. The van der Waals surface area contributed by atoms with E-state index in [0.29, 0.717) is 10.6 Å². The van der Waals surface area contributed by atoms with E-state index in [9.17, 15) is 13.2 Å². The first-order valence-corrected chi connectivity index (χ1v) is 8.04. The van der Waals surface area contributed by atoms with E-state index < -0.39 is 15.9 Å². The minimum atomic E-state index is -3.72. The number of sulfonamides is 1. The van der Waals surface area contributed by atoms with Gasteiger partial charge in [-0.3, -0.25) is 14.2 Å². The molecule has 0 unspecified atom stereocenters. The molecular weight excluding hydrogens is 328 g/mol. The molecule has 1 aromatic heterocycles. The third-order valence-corrected chi connectivity index (χ3v) is 3.90. The highest BCUT2D eigenvalue weighted by molar-refractivity contribution is 7.95. The van der Waals surface area contributed by atoms with Crippen molar-refractivity contribution in [2.24, 2.45) is 5.73 Å². The Morgan fingerprint density at radius 3 is 2.82 bits per heavy atom. The summed E-state index contributed by atoms with van der Waals surface area (Å²) in [6, 6.07) is 6.85. The molecular formula is C13H13ClN4O3S. The predicted molar refractivity (Wildman–Crippen MR) is 84.4 cm³/mol. The van der Waals surface area contributed by atoms with Crippen LogP contribution >= 0.6 is 11.6 Å². The van der Waals surface area contributed by atoms with Gasteiger partial charge in [0.25, 0.3) is 10.0 Å². The molecule has 0 fully saturated rings. The Hall–Kier alpha value is -2.32. The molecule has 1 heterocycles. The maximum absolute atomic E-state index is 11.9. The van der Waals surface area contributed by atoms with E-state index in [2.05, 4.69) is 9.82 Å². The number of anilines is 1. The molecule has 1 aromatic carbocycles. The fourth-order valence-corrected chi connectivity index (χ4v) is 2.66. The number of halogens is 1. The van der Waals surface area contributed by atoms with Gasteiger partial charge < -0.3 is 5.73 Å². The molecule has 9 heteroatoms. The van der Waals surface area contributed by atoms with Crippen molar-refractivity contribution in [3.63, 3.8) is 0 Å². The lowest BCUT2D eigenvalue weighted by Gasteiger charge is -2.01. The molecule has 0 radical (unpaired) electrons. The number of hydrogen-bond donors (Lipinski definition) is 2. The number of rotatable bonds is 6. The van der Waals surface area contributed by atoms with Crippen LogP contribution in [-0.2, 0) is 21.4 Å². The third-order valence-electron chi connectivity index (χ3n) is 2.54. The molecule has 0 spiro atoms. The Labute approximate surface area is 132 Å². The van der Waals surface area contributed by atoms with E-state index in [-0.39, 0.29) is 12.2 Å². The lowest BCUT2D eigenvalue weighted by Crippen LogP contribution is -2.18. The zero-order chi connectivity index (χ0) is 16.2. The summed E-state index contributed by atoms with van der Waals surface area (Å²) in [5.41, 5.74) is 5.83. The number of aromatic nitrogens is 2. The van der Waals surface area contributed by atoms with Crippen molar-refractivity contribution in [3.8, 4) is 0 Å². The monoisotopic (exact) mass is 340 g/mol. The summed E-state index contributed by atoms with van der Waals surface area (Å²) in [6.45, 7) is -0.128. The largest absolute Gasteiger partial charge is 0.368 e. The molecule has 0 aliphatic heterocycles. The molecule has 0 bridgehead atoms. The van der Waals surface area contributed by atoms with Crippen molar-refractivity contribution < 1.29 is 13.2 Å². The summed E-state index contributed by atoms with van der Waals surface area (Å²) < 4.78 is 27.4. The van der Waals surface area contributed by atoms with Gasteiger partial charge in [0, 0.05) is 11.2 Å². The Morgan fingerprint density at radius 1 is 1.41 bits per heavy atom. The number of benzene rings is 1. The van der Waals surface area contributed by atoms with E-state index in [1.807, 2.05) is 0 Å². The van der Waals surface area contributed by atoms with Gasteiger partial charge in [-0.05, 0) is 17.7 Å². The molecule has 22 heavy (non-hydrogen) atoms. The van der Waals surface area contributed by atoms with E-state index >= 15 is 0 Å². The van der Waals surface area contributed by atoms with Crippen molar-refractivity contribution in [2.45, 2.75) is 6.54 Å². The van der Waals surface area contributed by atoms with Crippen LogP contribution in [0.4, 0.5) is 5.69 Å². The second kappa shape index (κ2) is 6.63. The molecule has 2 aromatic rings. The van der Waals surface area contributed by atoms with Gasteiger partial charge in [0.1, 0.15) is 6.54 Å². The van der Waals surface area contributed by atoms with Crippen molar-refractivity contribution >= 4 is 39.3 Å². The zero-order valence-electron chi connectivity index (χ0n) is 11.3. The topological polar surface area (TPSA) is 107 Å². The van der Waals surface area contributed by atoms with E-state index in [0.717, 1.165) is 5.41 Å². The number of nitrogens with two attached hydrogens (primary N) is 1. The summed E-state index contributed by atoms with van der Waals surface area (Å²) in [7, 11) is -3.72. The first-order valence-electron chi connectivity index (χ1n) is 6.12. The van der Waals surface area contributed by atoms with E-state index in [4.69, 9.17) is 17.3 Å². The highest BCUT2D eigenvalue weighted by Crippen LogP contribution is 2.17. The van der Waals surface area contributed by atoms with Crippen LogP contribution in [0.2, 0.25) is 5.02 Å². The van der Waals surface area contributed by atoms with Crippen molar-refractivity contribution in [2.75, 3.05) is 4.72 Å². The molecule has 7 nitrogen and oxygen atoms in total. The maximum Gasteiger partial charge on any atom is 0.255 e. The van der Waals surface area contributed by atoms with Gasteiger partial charge in [-0.15, -0.1) is 0 Å². The third kappa shape index (κ3) is 4.61. The highest BCUT2D eigenvalue weighted by Gasteiger charge is 2.09. The molecule has 0 atom stereocenters. The fraction of sp³-hybridized carbons (Fsp3) is 0.0769. The summed E-state index contributed by atoms with van der Waals surface area (Å²) in [4.78, 5) is 10.8. The minimum absolute atomic E-state index is 0.128. The van der Waals surface area contributed by atoms with Crippen LogP contribution in [0, 0.1) is 0 Å². The SMILES string of the molecule is NC(=O)Cn1cc(NS(=O)(=O)/C=C\c2ccccc2Cl)cn1. The lowest BCUT2D eigenvalue weighted by molar-refractivity contribution is -0.118. The van der Waals surface area contributed by atoms with E-state index in [1.165, 1.54) is 23.2 Å². The number of hydrogen-bond acceptors (Lipinski definition) is 4. The Bertz CT molecular complexity index is 814. The average molecular weight is 341 g/mol. The average Bonchev–Trinajstić information content (AvgIpc) is 2.83. The number of carbonyl (C=O) groups is 1. The van der Waals surface area contributed by atoms with Crippen LogP contribution in [0.5, 0.6) is 0 Å². The van der Waals surface area contributed by atoms with Crippen molar-refractivity contribution in [1.29, 1.82) is 0 Å².